The number of benzene rings is 1. The highest BCUT2D eigenvalue weighted by molar-refractivity contribution is 5.78. The lowest BCUT2D eigenvalue weighted by molar-refractivity contribution is 0.138. The van der Waals surface area contributed by atoms with Gasteiger partial charge in [0.05, 0.1) is 23.9 Å². The Morgan fingerprint density at radius 3 is 3.00 bits per heavy atom. The molecular formula is C16H21N3O. The van der Waals surface area contributed by atoms with Crippen LogP contribution in [0.15, 0.2) is 36.4 Å². The van der Waals surface area contributed by atoms with Gasteiger partial charge in [-0.2, -0.15) is 0 Å². The van der Waals surface area contributed by atoms with Gasteiger partial charge in [0.1, 0.15) is 0 Å². The molecule has 20 heavy (non-hydrogen) atoms. The van der Waals surface area contributed by atoms with E-state index in [4.69, 9.17) is 15.5 Å². The van der Waals surface area contributed by atoms with Gasteiger partial charge in [0.25, 0.3) is 0 Å². The lowest BCUT2D eigenvalue weighted by atomic mass is 10.0. The number of fused-ring (bicyclic) bond motifs is 1. The summed E-state index contributed by atoms with van der Waals surface area (Å²) in [5.74, 6) is 0. The third-order valence-corrected chi connectivity index (χ3v) is 4.05. The van der Waals surface area contributed by atoms with Crippen LogP contribution in [0, 0.1) is 0 Å². The highest BCUT2D eigenvalue weighted by Gasteiger charge is 2.33. The zero-order chi connectivity index (χ0) is 13.9. The number of para-hydroxylation sites is 1. The fourth-order valence-corrected chi connectivity index (χ4v) is 2.99. The molecular weight excluding hydrogens is 250 g/mol. The molecule has 2 N–H and O–H groups in total. The van der Waals surface area contributed by atoms with E-state index in [1.807, 2.05) is 12.1 Å². The van der Waals surface area contributed by atoms with Crippen molar-refractivity contribution < 1.29 is 4.74 Å². The average molecular weight is 271 g/mol. The van der Waals surface area contributed by atoms with Crippen LogP contribution < -0.4 is 5.73 Å². The molecule has 2 heterocycles. The fraction of sp³-hybridized carbons (Fsp3) is 0.438. The first-order chi connectivity index (χ1) is 9.79. The number of nitrogens with two attached hydrogens (primary N) is 1. The third-order valence-electron chi connectivity index (χ3n) is 4.05. The van der Waals surface area contributed by atoms with Crippen molar-refractivity contribution in [1.29, 1.82) is 0 Å². The SMILES string of the molecule is COCCN1CCC(N)C1c1ccc2ccccc2n1. The number of ether oxygens (including phenoxy) is 1. The van der Waals surface area contributed by atoms with Crippen molar-refractivity contribution in [1.82, 2.24) is 9.88 Å². The van der Waals surface area contributed by atoms with Crippen molar-refractivity contribution in [2.24, 2.45) is 5.73 Å². The summed E-state index contributed by atoms with van der Waals surface area (Å²) in [6.45, 7) is 2.66. The Labute approximate surface area is 119 Å². The molecule has 1 fully saturated rings. The molecule has 2 unspecified atom stereocenters. The van der Waals surface area contributed by atoms with E-state index in [-0.39, 0.29) is 12.1 Å². The minimum absolute atomic E-state index is 0.153. The van der Waals surface area contributed by atoms with Gasteiger partial charge in [0, 0.05) is 31.6 Å². The number of hydrogen-bond donors (Lipinski definition) is 1. The number of pyridine rings is 1. The smallest absolute Gasteiger partial charge is 0.0706 e. The number of likely N-dealkylation sites (tertiary alicyclic amines) is 1. The summed E-state index contributed by atoms with van der Waals surface area (Å²) in [6, 6.07) is 12.8. The average Bonchev–Trinajstić information content (AvgIpc) is 2.85. The molecule has 1 aromatic heterocycles. The van der Waals surface area contributed by atoms with E-state index in [0.29, 0.717) is 0 Å². The van der Waals surface area contributed by atoms with E-state index >= 15 is 0 Å². The van der Waals surface area contributed by atoms with Gasteiger partial charge < -0.3 is 10.5 Å². The van der Waals surface area contributed by atoms with E-state index in [1.165, 1.54) is 5.39 Å². The number of methoxy groups -OCH3 is 1. The summed E-state index contributed by atoms with van der Waals surface area (Å²) in [6.07, 6.45) is 1.02. The van der Waals surface area contributed by atoms with Gasteiger partial charge in [0.15, 0.2) is 0 Å². The molecule has 2 atom stereocenters. The van der Waals surface area contributed by atoms with E-state index in [9.17, 15) is 0 Å². The van der Waals surface area contributed by atoms with Gasteiger partial charge in [-0.1, -0.05) is 24.3 Å². The first-order valence-corrected chi connectivity index (χ1v) is 7.14. The molecule has 3 rings (SSSR count). The standard InChI is InChI=1S/C16H21N3O/c1-20-11-10-19-9-8-13(17)16(19)15-7-6-12-4-2-3-5-14(12)18-15/h2-7,13,16H,8-11,17H2,1H3. The van der Waals surface area contributed by atoms with Crippen LogP contribution in [0.5, 0.6) is 0 Å². The topological polar surface area (TPSA) is 51.4 Å². The molecule has 0 aliphatic carbocycles. The minimum atomic E-state index is 0.153. The monoisotopic (exact) mass is 271 g/mol. The van der Waals surface area contributed by atoms with Gasteiger partial charge in [0.2, 0.25) is 0 Å². The Kier molecular flexibility index (Phi) is 3.96. The summed E-state index contributed by atoms with van der Waals surface area (Å²) in [4.78, 5) is 7.18. The van der Waals surface area contributed by atoms with Crippen molar-refractivity contribution in [2.75, 3.05) is 26.8 Å². The highest BCUT2D eigenvalue weighted by Crippen LogP contribution is 2.30. The maximum absolute atomic E-state index is 6.29. The van der Waals surface area contributed by atoms with Crippen LogP contribution in [0.3, 0.4) is 0 Å². The van der Waals surface area contributed by atoms with Crippen LogP contribution in [0.1, 0.15) is 18.2 Å². The van der Waals surface area contributed by atoms with Crippen LogP contribution >= 0.6 is 0 Å². The second-order valence-electron chi connectivity index (χ2n) is 5.35. The zero-order valence-corrected chi connectivity index (χ0v) is 11.8. The maximum atomic E-state index is 6.29. The minimum Gasteiger partial charge on any atom is -0.383 e. The summed E-state index contributed by atoms with van der Waals surface area (Å²) in [5, 5.41) is 1.17. The largest absolute Gasteiger partial charge is 0.383 e. The third kappa shape index (κ3) is 2.54. The van der Waals surface area contributed by atoms with Gasteiger partial charge in [-0.15, -0.1) is 0 Å². The second-order valence-corrected chi connectivity index (χ2v) is 5.35. The first kappa shape index (κ1) is 13.5. The molecule has 0 spiro atoms. The summed E-state index contributed by atoms with van der Waals surface area (Å²) >= 11 is 0. The summed E-state index contributed by atoms with van der Waals surface area (Å²) < 4.78 is 5.19. The van der Waals surface area contributed by atoms with Crippen molar-refractivity contribution in [2.45, 2.75) is 18.5 Å². The van der Waals surface area contributed by atoms with Crippen molar-refractivity contribution in [3.63, 3.8) is 0 Å². The molecule has 1 saturated heterocycles. The van der Waals surface area contributed by atoms with Crippen molar-refractivity contribution in [3.8, 4) is 0 Å². The summed E-state index contributed by atoms with van der Waals surface area (Å²) in [5.41, 5.74) is 8.41. The normalized spacial score (nSPS) is 23.5. The Balaban J connectivity index is 1.91. The molecule has 4 nitrogen and oxygen atoms in total. The fourth-order valence-electron chi connectivity index (χ4n) is 2.99. The van der Waals surface area contributed by atoms with E-state index in [1.54, 1.807) is 7.11 Å². The second kappa shape index (κ2) is 5.87. The highest BCUT2D eigenvalue weighted by atomic mass is 16.5. The molecule has 0 bridgehead atoms. The number of rotatable bonds is 4. The quantitative estimate of drug-likeness (QED) is 0.923. The Morgan fingerprint density at radius 2 is 2.15 bits per heavy atom. The van der Waals surface area contributed by atoms with Crippen LogP contribution in [-0.2, 0) is 4.74 Å². The molecule has 1 aromatic carbocycles. The van der Waals surface area contributed by atoms with Crippen LogP contribution in [0.25, 0.3) is 10.9 Å². The predicted octanol–water partition coefficient (Wildman–Crippen LogP) is 1.96. The van der Waals surface area contributed by atoms with Gasteiger partial charge in [-0.3, -0.25) is 9.88 Å². The summed E-state index contributed by atoms with van der Waals surface area (Å²) in [7, 11) is 1.74. The lowest BCUT2D eigenvalue weighted by Crippen LogP contribution is -2.34. The van der Waals surface area contributed by atoms with Gasteiger partial charge in [-0.25, -0.2) is 0 Å². The Bertz CT molecular complexity index is 587. The number of aromatic nitrogens is 1. The van der Waals surface area contributed by atoms with Crippen LogP contribution in [-0.4, -0.2) is 42.7 Å². The Morgan fingerprint density at radius 1 is 1.30 bits per heavy atom. The molecule has 1 aliphatic rings. The number of nitrogens with zero attached hydrogens (tertiary/aromatic N) is 2. The van der Waals surface area contributed by atoms with Crippen molar-refractivity contribution in [3.05, 3.63) is 42.1 Å². The molecule has 106 valence electrons. The first-order valence-electron chi connectivity index (χ1n) is 7.14. The molecule has 1 aliphatic heterocycles. The van der Waals surface area contributed by atoms with Crippen LogP contribution in [0.4, 0.5) is 0 Å². The Hall–Kier alpha value is -1.49. The predicted molar refractivity (Wildman–Crippen MR) is 80.5 cm³/mol. The molecule has 2 aromatic rings. The molecule has 0 amide bonds. The lowest BCUT2D eigenvalue weighted by Gasteiger charge is -2.26. The van der Waals surface area contributed by atoms with Crippen molar-refractivity contribution >= 4 is 10.9 Å². The van der Waals surface area contributed by atoms with Gasteiger partial charge in [-0.05, 0) is 18.6 Å². The van der Waals surface area contributed by atoms with E-state index in [2.05, 4.69) is 29.2 Å². The van der Waals surface area contributed by atoms with E-state index < -0.39 is 0 Å². The zero-order valence-electron chi connectivity index (χ0n) is 11.8. The number of hydrogen-bond acceptors (Lipinski definition) is 4. The van der Waals surface area contributed by atoms with Crippen LogP contribution in [0.2, 0.25) is 0 Å². The molecule has 0 saturated carbocycles. The van der Waals surface area contributed by atoms with E-state index in [0.717, 1.165) is 37.3 Å². The van der Waals surface area contributed by atoms with Gasteiger partial charge >= 0.3 is 0 Å². The maximum Gasteiger partial charge on any atom is 0.0706 e. The molecule has 0 radical (unpaired) electrons. The molecule has 4 heteroatoms.